The van der Waals surface area contributed by atoms with Gasteiger partial charge in [-0.2, -0.15) is 0 Å². The first-order chi connectivity index (χ1) is 5.83. The quantitative estimate of drug-likeness (QED) is 0.705. The molecule has 0 saturated heterocycles. The van der Waals surface area contributed by atoms with Crippen LogP contribution in [0.1, 0.15) is 11.9 Å². The molecule has 0 aromatic carbocycles. The number of hydrogen-bond acceptors (Lipinski definition) is 4. The highest BCUT2D eigenvalue weighted by molar-refractivity contribution is 8.76. The van der Waals surface area contributed by atoms with E-state index in [0.717, 1.165) is 12.3 Å². The van der Waals surface area contributed by atoms with E-state index < -0.39 is 0 Å². The summed E-state index contributed by atoms with van der Waals surface area (Å²) in [6.45, 7) is 2.28. The summed E-state index contributed by atoms with van der Waals surface area (Å²) >= 11 is 1.76. The van der Waals surface area contributed by atoms with Crippen molar-refractivity contribution in [2.75, 3.05) is 12.0 Å². The molecule has 0 aliphatic heterocycles. The molecular formula is C8H13NS3. The highest BCUT2D eigenvalue weighted by atomic mass is 33.1. The summed E-state index contributed by atoms with van der Waals surface area (Å²) in [7, 11) is 3.77. The first-order valence-electron chi connectivity index (χ1n) is 3.87. The molecule has 0 radical (unpaired) electrons. The highest BCUT2D eigenvalue weighted by Gasteiger charge is 2.04. The van der Waals surface area contributed by atoms with Crippen molar-refractivity contribution in [1.82, 2.24) is 4.98 Å². The zero-order chi connectivity index (χ0) is 8.81. The lowest BCUT2D eigenvalue weighted by Crippen LogP contribution is -2.01. The molecule has 1 heterocycles. The molecule has 4 heteroatoms. The predicted octanol–water partition coefficient (Wildman–Crippen LogP) is 3.33. The summed E-state index contributed by atoms with van der Waals surface area (Å²) in [4.78, 5) is 4.27. The molecular weight excluding hydrogens is 206 g/mol. The predicted molar refractivity (Wildman–Crippen MR) is 61.0 cm³/mol. The van der Waals surface area contributed by atoms with Crippen LogP contribution in [0.15, 0.2) is 11.6 Å². The molecule has 0 spiro atoms. The largest absolute Gasteiger partial charge is 0.250 e. The van der Waals surface area contributed by atoms with Crippen molar-refractivity contribution in [2.24, 2.45) is 5.92 Å². The normalized spacial score (nSPS) is 13.2. The van der Waals surface area contributed by atoms with Crippen molar-refractivity contribution in [1.29, 1.82) is 0 Å². The van der Waals surface area contributed by atoms with Gasteiger partial charge in [0.1, 0.15) is 0 Å². The monoisotopic (exact) mass is 219 g/mol. The highest BCUT2D eigenvalue weighted by Crippen LogP contribution is 2.22. The van der Waals surface area contributed by atoms with Gasteiger partial charge in [-0.25, -0.2) is 4.98 Å². The minimum atomic E-state index is 0.744. The maximum absolute atomic E-state index is 4.27. The summed E-state index contributed by atoms with van der Waals surface area (Å²) in [6.07, 6.45) is 5.14. The summed E-state index contributed by atoms with van der Waals surface area (Å²) in [5.74, 6) is 1.97. The Kier molecular flexibility index (Phi) is 5.11. The Morgan fingerprint density at radius 2 is 2.50 bits per heavy atom. The van der Waals surface area contributed by atoms with Gasteiger partial charge in [0, 0.05) is 23.8 Å². The molecule has 0 bridgehead atoms. The van der Waals surface area contributed by atoms with Gasteiger partial charge in [-0.15, -0.1) is 11.3 Å². The minimum absolute atomic E-state index is 0.744. The van der Waals surface area contributed by atoms with Crippen LogP contribution in [0.4, 0.5) is 0 Å². The molecule has 0 fully saturated rings. The van der Waals surface area contributed by atoms with E-state index in [-0.39, 0.29) is 0 Å². The first kappa shape index (κ1) is 10.4. The first-order valence-corrected chi connectivity index (χ1v) is 7.47. The lowest BCUT2D eigenvalue weighted by Gasteiger charge is -2.06. The van der Waals surface area contributed by atoms with Gasteiger partial charge >= 0.3 is 0 Å². The topological polar surface area (TPSA) is 12.9 Å². The second kappa shape index (κ2) is 5.89. The van der Waals surface area contributed by atoms with Gasteiger partial charge in [0.2, 0.25) is 0 Å². The Morgan fingerprint density at radius 3 is 3.08 bits per heavy atom. The second-order valence-electron chi connectivity index (χ2n) is 2.69. The molecule has 1 aromatic rings. The number of nitrogens with zero attached hydrogens (tertiary/aromatic N) is 1. The second-order valence-corrected chi connectivity index (χ2v) is 6.27. The van der Waals surface area contributed by atoms with Crippen LogP contribution in [0.3, 0.4) is 0 Å². The smallest absolute Gasteiger partial charge is 0.0927 e. The summed E-state index contributed by atoms with van der Waals surface area (Å²) in [5.41, 5.74) is 0. The van der Waals surface area contributed by atoms with Crippen molar-refractivity contribution in [3.05, 3.63) is 16.6 Å². The van der Waals surface area contributed by atoms with Crippen molar-refractivity contribution in [3.8, 4) is 0 Å². The third-order valence-electron chi connectivity index (χ3n) is 1.48. The molecule has 1 nitrogen and oxygen atoms in total. The van der Waals surface area contributed by atoms with E-state index in [2.05, 4.69) is 18.2 Å². The Labute approximate surface area is 85.8 Å². The Hall–Kier alpha value is 0.330. The standard InChI is InChI=1S/C8H13NS3/c1-7(6-12-10-2)5-8-9-3-4-11-8/h3-4,7H,5-6H2,1-2H3. The zero-order valence-corrected chi connectivity index (χ0v) is 9.77. The van der Waals surface area contributed by atoms with Crippen molar-refractivity contribution < 1.29 is 0 Å². The van der Waals surface area contributed by atoms with Crippen molar-refractivity contribution >= 4 is 32.9 Å². The third-order valence-corrected chi connectivity index (χ3v) is 4.34. The van der Waals surface area contributed by atoms with Crippen LogP contribution >= 0.6 is 32.9 Å². The van der Waals surface area contributed by atoms with Crippen LogP contribution in [-0.4, -0.2) is 17.0 Å². The number of aromatic nitrogens is 1. The van der Waals surface area contributed by atoms with Gasteiger partial charge in [0.05, 0.1) is 5.01 Å². The number of rotatable bonds is 5. The Balaban J connectivity index is 2.22. The summed E-state index contributed by atoms with van der Waals surface area (Å²) in [5, 5.41) is 3.31. The Bertz CT molecular complexity index is 198. The molecule has 12 heavy (non-hydrogen) atoms. The zero-order valence-electron chi connectivity index (χ0n) is 7.32. The van der Waals surface area contributed by atoms with E-state index in [1.165, 1.54) is 10.8 Å². The van der Waals surface area contributed by atoms with Crippen molar-refractivity contribution in [2.45, 2.75) is 13.3 Å². The molecule has 0 aliphatic carbocycles. The van der Waals surface area contributed by atoms with Crippen molar-refractivity contribution in [3.63, 3.8) is 0 Å². The molecule has 1 atom stereocenters. The van der Waals surface area contributed by atoms with Gasteiger partial charge in [-0.1, -0.05) is 28.5 Å². The summed E-state index contributed by atoms with van der Waals surface area (Å²) in [6, 6.07) is 0. The molecule has 1 unspecified atom stereocenters. The maximum atomic E-state index is 4.27. The van der Waals surface area contributed by atoms with E-state index in [0.29, 0.717) is 0 Å². The average Bonchev–Trinajstić information content (AvgIpc) is 2.53. The van der Waals surface area contributed by atoms with E-state index in [9.17, 15) is 0 Å². The van der Waals surface area contributed by atoms with Crippen LogP contribution < -0.4 is 0 Å². The fourth-order valence-electron chi connectivity index (χ4n) is 0.895. The molecule has 1 aromatic heterocycles. The Morgan fingerprint density at radius 1 is 1.67 bits per heavy atom. The number of hydrogen-bond donors (Lipinski definition) is 0. The fraction of sp³-hybridized carbons (Fsp3) is 0.625. The lowest BCUT2D eigenvalue weighted by atomic mass is 10.1. The van der Waals surface area contributed by atoms with Gasteiger partial charge in [0.25, 0.3) is 0 Å². The minimum Gasteiger partial charge on any atom is -0.250 e. The molecule has 0 N–H and O–H groups in total. The fourth-order valence-corrected chi connectivity index (χ4v) is 3.27. The van der Waals surface area contributed by atoms with E-state index >= 15 is 0 Å². The van der Waals surface area contributed by atoms with Gasteiger partial charge in [-0.3, -0.25) is 0 Å². The van der Waals surface area contributed by atoms with E-state index in [1.807, 2.05) is 33.2 Å². The van der Waals surface area contributed by atoms with Gasteiger partial charge < -0.3 is 0 Å². The molecule has 68 valence electrons. The number of thiazole rings is 1. The molecule has 0 aliphatic rings. The van der Waals surface area contributed by atoms with Crippen LogP contribution in [-0.2, 0) is 6.42 Å². The van der Waals surface area contributed by atoms with Gasteiger partial charge in [-0.05, 0) is 12.2 Å². The SMILES string of the molecule is CSSCC(C)Cc1nccs1. The van der Waals surface area contributed by atoms with Crippen LogP contribution in [0.2, 0.25) is 0 Å². The van der Waals surface area contributed by atoms with Crippen LogP contribution in [0.25, 0.3) is 0 Å². The molecule has 0 saturated carbocycles. The maximum Gasteiger partial charge on any atom is 0.0927 e. The summed E-state index contributed by atoms with van der Waals surface area (Å²) < 4.78 is 0. The van der Waals surface area contributed by atoms with Crippen LogP contribution in [0.5, 0.6) is 0 Å². The molecule has 0 amide bonds. The third kappa shape index (κ3) is 3.83. The average molecular weight is 219 g/mol. The van der Waals surface area contributed by atoms with E-state index in [4.69, 9.17) is 0 Å². The van der Waals surface area contributed by atoms with Crippen LogP contribution in [0, 0.1) is 5.92 Å². The van der Waals surface area contributed by atoms with E-state index in [1.54, 1.807) is 11.3 Å². The molecule has 1 rings (SSSR count). The van der Waals surface area contributed by atoms with Gasteiger partial charge in [0.15, 0.2) is 0 Å². The lowest BCUT2D eigenvalue weighted by molar-refractivity contribution is 0.657.